The van der Waals surface area contributed by atoms with Crippen molar-refractivity contribution in [2.24, 2.45) is 5.41 Å². The van der Waals surface area contributed by atoms with Gasteiger partial charge in [-0.05, 0) is 38.5 Å². The maximum Gasteiger partial charge on any atom is 0.306 e. The van der Waals surface area contributed by atoms with E-state index in [0.717, 1.165) is 0 Å². The van der Waals surface area contributed by atoms with E-state index in [1.165, 1.54) is 7.11 Å². The summed E-state index contributed by atoms with van der Waals surface area (Å²) in [5.74, 6) is -1.55. The Labute approximate surface area is 126 Å². The first-order valence-corrected chi connectivity index (χ1v) is 8.93. The molecule has 122 valence electrons. The van der Waals surface area contributed by atoms with Crippen LogP contribution >= 0.6 is 0 Å². The van der Waals surface area contributed by atoms with Crippen LogP contribution in [0.2, 0.25) is 0 Å². The van der Waals surface area contributed by atoms with Crippen LogP contribution in [0.5, 0.6) is 0 Å². The van der Waals surface area contributed by atoms with Crippen molar-refractivity contribution >= 4 is 21.7 Å². The van der Waals surface area contributed by atoms with Crippen molar-refractivity contribution in [3.63, 3.8) is 0 Å². The fraction of sp³-hybridized carbons (Fsp3) is 0.857. The van der Waals surface area contributed by atoms with Crippen molar-refractivity contribution < 1.29 is 22.7 Å². The Kier molecular flexibility index (Phi) is 5.41. The lowest BCUT2D eigenvalue weighted by Crippen LogP contribution is -2.45. The minimum Gasteiger partial charge on any atom is -0.469 e. The van der Waals surface area contributed by atoms with E-state index in [9.17, 15) is 18.0 Å². The summed E-state index contributed by atoms with van der Waals surface area (Å²) in [5, 5.41) is 2.71. The largest absolute Gasteiger partial charge is 0.469 e. The highest BCUT2D eigenvalue weighted by molar-refractivity contribution is 7.92. The van der Waals surface area contributed by atoms with Crippen molar-refractivity contribution in [3.8, 4) is 0 Å². The van der Waals surface area contributed by atoms with Gasteiger partial charge in [0.2, 0.25) is 5.91 Å². The Morgan fingerprint density at radius 1 is 1.29 bits per heavy atom. The number of hydrogen-bond acceptors (Lipinski definition) is 5. The highest BCUT2D eigenvalue weighted by atomic mass is 32.2. The zero-order chi connectivity index (χ0) is 16.3. The highest BCUT2D eigenvalue weighted by Crippen LogP contribution is 2.50. The van der Waals surface area contributed by atoms with E-state index < -0.39 is 38.4 Å². The quantitative estimate of drug-likeness (QED) is 0.675. The second kappa shape index (κ2) is 6.34. The molecular formula is C14H25NO5S. The van der Waals surface area contributed by atoms with E-state index >= 15 is 0 Å². The van der Waals surface area contributed by atoms with Gasteiger partial charge in [0.1, 0.15) is 5.75 Å². The maximum absolute atomic E-state index is 12.1. The molecule has 0 unspecified atom stereocenters. The number of carbonyl (C=O) groups excluding carboxylic acids is 2. The average Bonchev–Trinajstić information content (AvgIpc) is 3.05. The van der Waals surface area contributed by atoms with E-state index in [1.807, 2.05) is 20.8 Å². The Balaban J connectivity index is 2.58. The molecule has 7 heteroatoms. The van der Waals surface area contributed by atoms with Crippen LogP contribution in [0.1, 0.15) is 46.5 Å². The van der Waals surface area contributed by atoms with Crippen molar-refractivity contribution in [2.75, 3.05) is 18.6 Å². The lowest BCUT2D eigenvalue weighted by atomic mass is 10.0. The summed E-state index contributed by atoms with van der Waals surface area (Å²) in [6.07, 6.45) is 2.18. The topological polar surface area (TPSA) is 89.5 Å². The van der Waals surface area contributed by atoms with Gasteiger partial charge in [-0.3, -0.25) is 9.59 Å². The molecule has 6 nitrogen and oxygen atoms in total. The van der Waals surface area contributed by atoms with E-state index in [-0.39, 0.29) is 12.2 Å². The van der Waals surface area contributed by atoms with Gasteiger partial charge in [0.15, 0.2) is 9.84 Å². The number of hydrogen-bond donors (Lipinski definition) is 1. The van der Waals surface area contributed by atoms with Gasteiger partial charge >= 0.3 is 5.97 Å². The van der Waals surface area contributed by atoms with E-state index in [0.29, 0.717) is 19.3 Å². The molecule has 21 heavy (non-hydrogen) atoms. The Bertz CT molecular complexity index is 505. The zero-order valence-corrected chi connectivity index (χ0v) is 14.0. The van der Waals surface area contributed by atoms with Crippen LogP contribution in [0.4, 0.5) is 0 Å². The molecular weight excluding hydrogens is 294 g/mol. The standard InChI is InChI=1S/C14H25NO5S/c1-5-13(2,3)15-11(16)9-21(18,19)10-14(6-7-14)8-12(17)20-4/h5-10H2,1-4H3,(H,15,16). The van der Waals surface area contributed by atoms with Gasteiger partial charge in [-0.2, -0.15) is 0 Å². The number of ether oxygens (including phenoxy) is 1. The van der Waals surface area contributed by atoms with Crippen molar-refractivity contribution in [1.82, 2.24) is 5.32 Å². The van der Waals surface area contributed by atoms with Crippen molar-refractivity contribution in [2.45, 2.75) is 52.0 Å². The van der Waals surface area contributed by atoms with Gasteiger partial charge in [-0.25, -0.2) is 8.42 Å². The summed E-state index contributed by atoms with van der Waals surface area (Å²) in [7, 11) is -2.25. The lowest BCUT2D eigenvalue weighted by Gasteiger charge is -2.24. The smallest absolute Gasteiger partial charge is 0.306 e. The monoisotopic (exact) mass is 319 g/mol. The molecule has 1 aliphatic carbocycles. The minimum atomic E-state index is -3.53. The van der Waals surface area contributed by atoms with Crippen molar-refractivity contribution in [1.29, 1.82) is 0 Å². The van der Waals surface area contributed by atoms with Gasteiger partial charge in [-0.15, -0.1) is 0 Å². The summed E-state index contributed by atoms with van der Waals surface area (Å²) in [6, 6.07) is 0. The van der Waals surface area contributed by atoms with Crippen LogP contribution in [0, 0.1) is 5.41 Å². The highest BCUT2D eigenvalue weighted by Gasteiger charge is 2.48. The third kappa shape index (κ3) is 6.03. The fourth-order valence-electron chi connectivity index (χ4n) is 2.15. The summed E-state index contributed by atoms with van der Waals surface area (Å²) in [5.41, 5.74) is -0.942. The molecule has 0 saturated heterocycles. The predicted molar refractivity (Wildman–Crippen MR) is 79.5 cm³/mol. The summed E-state index contributed by atoms with van der Waals surface area (Å²) in [6.45, 7) is 5.61. The fourth-order valence-corrected chi connectivity index (χ4v) is 4.04. The van der Waals surface area contributed by atoms with Crippen LogP contribution in [0.15, 0.2) is 0 Å². The number of esters is 1. The third-order valence-corrected chi connectivity index (χ3v) is 5.70. The second-order valence-corrected chi connectivity index (χ2v) is 8.64. The van der Waals surface area contributed by atoms with Crippen LogP contribution in [0.3, 0.4) is 0 Å². The molecule has 0 spiro atoms. The number of methoxy groups -OCH3 is 1. The normalized spacial score (nSPS) is 17.1. The first-order chi connectivity index (χ1) is 9.53. The summed E-state index contributed by atoms with van der Waals surface area (Å²) < 4.78 is 28.8. The minimum absolute atomic E-state index is 0.102. The van der Waals surface area contributed by atoms with Gasteiger partial charge in [-0.1, -0.05) is 6.92 Å². The van der Waals surface area contributed by atoms with Crippen molar-refractivity contribution in [3.05, 3.63) is 0 Å². The molecule has 0 heterocycles. The maximum atomic E-state index is 12.1. The van der Waals surface area contributed by atoms with Crippen LogP contribution < -0.4 is 5.32 Å². The number of amides is 1. The Morgan fingerprint density at radius 3 is 2.29 bits per heavy atom. The van der Waals surface area contributed by atoms with Gasteiger partial charge in [0.05, 0.1) is 19.3 Å². The molecule has 1 rings (SSSR count). The Morgan fingerprint density at radius 2 is 1.86 bits per heavy atom. The summed E-state index contributed by atoms with van der Waals surface area (Å²) in [4.78, 5) is 23.1. The second-order valence-electron chi connectivity index (χ2n) is 6.57. The molecule has 0 aliphatic heterocycles. The number of nitrogens with one attached hydrogen (secondary N) is 1. The summed E-state index contributed by atoms with van der Waals surface area (Å²) >= 11 is 0. The Hall–Kier alpha value is -1.11. The molecule has 0 aromatic heterocycles. The van der Waals surface area contributed by atoms with E-state index in [2.05, 4.69) is 10.1 Å². The predicted octanol–water partition coefficient (Wildman–Crippen LogP) is 1.05. The van der Waals surface area contributed by atoms with E-state index in [4.69, 9.17) is 0 Å². The molecule has 0 bridgehead atoms. The lowest BCUT2D eigenvalue weighted by molar-refractivity contribution is -0.141. The zero-order valence-electron chi connectivity index (χ0n) is 13.2. The first-order valence-electron chi connectivity index (χ1n) is 7.11. The third-order valence-electron chi connectivity index (χ3n) is 3.94. The average molecular weight is 319 g/mol. The number of rotatable bonds is 8. The molecule has 1 N–H and O–H groups in total. The molecule has 0 aromatic carbocycles. The number of sulfone groups is 1. The van der Waals surface area contributed by atoms with Crippen LogP contribution in [-0.2, 0) is 24.2 Å². The van der Waals surface area contributed by atoms with Gasteiger partial charge in [0.25, 0.3) is 0 Å². The molecule has 1 aliphatic rings. The number of carbonyl (C=O) groups is 2. The molecule has 0 atom stereocenters. The van der Waals surface area contributed by atoms with Gasteiger partial charge in [0, 0.05) is 5.54 Å². The van der Waals surface area contributed by atoms with Crippen LogP contribution in [0.25, 0.3) is 0 Å². The molecule has 1 amide bonds. The molecule has 1 fully saturated rings. The SMILES string of the molecule is CCC(C)(C)NC(=O)CS(=O)(=O)CC1(CC(=O)OC)CC1. The molecule has 0 radical (unpaired) electrons. The van der Waals surface area contributed by atoms with Crippen LogP contribution in [-0.4, -0.2) is 44.4 Å². The molecule has 1 saturated carbocycles. The van der Waals surface area contributed by atoms with Gasteiger partial charge < -0.3 is 10.1 Å². The molecule has 0 aromatic rings. The first kappa shape index (κ1) is 17.9. The van der Waals surface area contributed by atoms with E-state index in [1.54, 1.807) is 0 Å².